The van der Waals surface area contributed by atoms with Crippen LogP contribution in [-0.2, 0) is 21.2 Å². The summed E-state index contributed by atoms with van der Waals surface area (Å²) in [4.78, 5) is 12.1. The molecular weight excluding hydrogens is 432 g/mol. The Morgan fingerprint density at radius 2 is 1.86 bits per heavy atom. The topological polar surface area (TPSA) is 101 Å². The lowest BCUT2D eigenvalue weighted by Crippen LogP contribution is -2.13. The number of aromatic nitrogens is 2. The second-order valence-electron chi connectivity index (χ2n) is 5.83. The van der Waals surface area contributed by atoms with Crippen LogP contribution in [-0.4, -0.2) is 24.5 Å². The number of hydrogen-bond donors (Lipinski definition) is 2. The van der Waals surface area contributed by atoms with Crippen molar-refractivity contribution < 1.29 is 13.2 Å². The SMILES string of the molecule is CCc1nnc(NS(=O)(=O)c2ccc(NC(=O)/C=C\c3ccccc3Cl)cc2)s1. The molecule has 2 aromatic carbocycles. The average molecular weight is 449 g/mol. The van der Waals surface area contributed by atoms with Gasteiger partial charge in [0.1, 0.15) is 5.01 Å². The smallest absolute Gasteiger partial charge is 0.263 e. The van der Waals surface area contributed by atoms with E-state index in [-0.39, 0.29) is 15.9 Å². The second-order valence-corrected chi connectivity index (χ2v) is 8.98. The van der Waals surface area contributed by atoms with Crippen LogP contribution in [0.25, 0.3) is 6.08 Å². The van der Waals surface area contributed by atoms with Crippen LogP contribution in [0.4, 0.5) is 10.8 Å². The van der Waals surface area contributed by atoms with Gasteiger partial charge in [-0.25, -0.2) is 8.42 Å². The van der Waals surface area contributed by atoms with Crippen LogP contribution in [0.2, 0.25) is 5.02 Å². The van der Waals surface area contributed by atoms with Crippen LogP contribution in [0.3, 0.4) is 0 Å². The van der Waals surface area contributed by atoms with Crippen molar-refractivity contribution in [3.8, 4) is 0 Å². The van der Waals surface area contributed by atoms with Crippen molar-refractivity contribution in [3.05, 3.63) is 70.2 Å². The molecule has 0 radical (unpaired) electrons. The Labute approximate surface area is 177 Å². The number of nitrogens with zero attached hydrogens (tertiary/aromatic N) is 2. The number of benzene rings is 2. The maximum absolute atomic E-state index is 12.4. The van der Waals surface area contributed by atoms with E-state index >= 15 is 0 Å². The third kappa shape index (κ3) is 5.63. The van der Waals surface area contributed by atoms with Gasteiger partial charge in [-0.2, -0.15) is 0 Å². The quantitative estimate of drug-likeness (QED) is 0.527. The number of nitrogens with one attached hydrogen (secondary N) is 2. The van der Waals surface area contributed by atoms with Crippen molar-refractivity contribution in [2.24, 2.45) is 0 Å². The molecule has 1 heterocycles. The lowest BCUT2D eigenvalue weighted by atomic mass is 10.2. The Kier molecular flexibility index (Phi) is 6.63. The molecule has 0 aliphatic carbocycles. The predicted molar refractivity (Wildman–Crippen MR) is 116 cm³/mol. The van der Waals surface area contributed by atoms with Gasteiger partial charge in [-0.05, 0) is 48.4 Å². The summed E-state index contributed by atoms with van der Waals surface area (Å²) in [6, 6.07) is 13.0. The maximum atomic E-state index is 12.4. The zero-order valence-corrected chi connectivity index (χ0v) is 17.7. The summed E-state index contributed by atoms with van der Waals surface area (Å²) in [6.07, 6.45) is 3.64. The molecule has 3 rings (SSSR count). The largest absolute Gasteiger partial charge is 0.323 e. The molecule has 3 aromatic rings. The number of hydrogen-bond acceptors (Lipinski definition) is 6. The molecule has 0 spiro atoms. The number of sulfonamides is 1. The minimum absolute atomic E-state index is 0.0513. The molecule has 0 atom stereocenters. The summed E-state index contributed by atoms with van der Waals surface area (Å²) in [7, 11) is -3.79. The Balaban J connectivity index is 1.64. The molecular formula is C19H17ClN4O3S2. The van der Waals surface area contributed by atoms with E-state index in [1.165, 1.54) is 41.7 Å². The van der Waals surface area contributed by atoms with Crippen molar-refractivity contribution in [2.45, 2.75) is 18.2 Å². The first-order chi connectivity index (χ1) is 13.9. The molecule has 150 valence electrons. The third-order valence-corrected chi connectivity index (χ3v) is 6.55. The van der Waals surface area contributed by atoms with Crippen LogP contribution in [0.15, 0.2) is 59.5 Å². The van der Waals surface area contributed by atoms with E-state index in [0.717, 1.165) is 10.6 Å². The molecule has 0 saturated heterocycles. The molecule has 0 aliphatic heterocycles. The first kappa shape index (κ1) is 21.0. The Hall–Kier alpha value is -2.75. The van der Waals surface area contributed by atoms with Gasteiger partial charge in [-0.1, -0.05) is 48.1 Å². The molecule has 10 heteroatoms. The van der Waals surface area contributed by atoms with Crippen LogP contribution in [0, 0.1) is 0 Å². The van der Waals surface area contributed by atoms with Crippen molar-refractivity contribution in [1.82, 2.24) is 10.2 Å². The van der Waals surface area contributed by atoms with Crippen LogP contribution < -0.4 is 10.0 Å². The lowest BCUT2D eigenvalue weighted by Gasteiger charge is -2.06. The van der Waals surface area contributed by atoms with Crippen LogP contribution in [0.1, 0.15) is 17.5 Å². The van der Waals surface area contributed by atoms with Crippen LogP contribution >= 0.6 is 22.9 Å². The highest BCUT2D eigenvalue weighted by Gasteiger charge is 2.16. The van der Waals surface area contributed by atoms with E-state index in [1.807, 2.05) is 13.0 Å². The molecule has 0 fully saturated rings. The van der Waals surface area contributed by atoms with Gasteiger partial charge < -0.3 is 5.32 Å². The Bertz CT molecular complexity index is 1140. The summed E-state index contributed by atoms with van der Waals surface area (Å²) in [5, 5.41) is 11.9. The van der Waals surface area contributed by atoms with E-state index in [4.69, 9.17) is 11.6 Å². The lowest BCUT2D eigenvalue weighted by molar-refractivity contribution is -0.111. The van der Waals surface area contributed by atoms with Gasteiger partial charge in [0.2, 0.25) is 11.0 Å². The molecule has 1 aromatic heterocycles. The number of aryl methyl sites for hydroxylation is 1. The summed E-state index contributed by atoms with van der Waals surface area (Å²) in [6.45, 7) is 1.91. The summed E-state index contributed by atoms with van der Waals surface area (Å²) in [5.74, 6) is -0.361. The first-order valence-corrected chi connectivity index (χ1v) is 11.2. The number of amides is 1. The highest BCUT2D eigenvalue weighted by molar-refractivity contribution is 7.93. The summed E-state index contributed by atoms with van der Waals surface area (Å²) < 4.78 is 27.3. The third-order valence-electron chi connectivity index (χ3n) is 3.74. The van der Waals surface area contributed by atoms with E-state index in [2.05, 4.69) is 20.2 Å². The minimum atomic E-state index is -3.79. The molecule has 7 nitrogen and oxygen atoms in total. The number of carbonyl (C=O) groups excluding carboxylic acids is 1. The second kappa shape index (κ2) is 9.17. The highest BCUT2D eigenvalue weighted by atomic mass is 35.5. The van der Waals surface area contributed by atoms with Gasteiger partial charge in [0, 0.05) is 16.8 Å². The standard InChI is InChI=1S/C19H17ClN4O3S2/c1-2-18-22-23-19(28-18)24-29(26,27)15-10-8-14(9-11-15)21-17(25)12-7-13-5-3-4-6-16(13)20/h3-12H,2H2,1H3,(H,21,25)(H,23,24)/b12-7-. The number of halogens is 1. The molecule has 0 aliphatic rings. The van der Waals surface area contributed by atoms with Crippen molar-refractivity contribution in [3.63, 3.8) is 0 Å². The van der Waals surface area contributed by atoms with Crippen molar-refractivity contribution >= 4 is 55.8 Å². The fourth-order valence-corrected chi connectivity index (χ4v) is 4.40. The van der Waals surface area contributed by atoms with Gasteiger partial charge in [-0.3, -0.25) is 9.52 Å². The predicted octanol–water partition coefficient (Wildman–Crippen LogP) is 4.21. The normalized spacial score (nSPS) is 11.5. The van der Waals surface area contributed by atoms with Crippen molar-refractivity contribution in [2.75, 3.05) is 10.0 Å². The van der Waals surface area contributed by atoms with Gasteiger partial charge in [0.15, 0.2) is 0 Å². The zero-order chi connectivity index (χ0) is 20.9. The molecule has 1 amide bonds. The summed E-state index contributed by atoms with van der Waals surface area (Å²) >= 11 is 7.23. The number of rotatable bonds is 7. The number of anilines is 2. The highest BCUT2D eigenvalue weighted by Crippen LogP contribution is 2.21. The van der Waals surface area contributed by atoms with Gasteiger partial charge in [0.25, 0.3) is 10.0 Å². The number of carbonyl (C=O) groups is 1. The van der Waals surface area contributed by atoms with Gasteiger partial charge >= 0.3 is 0 Å². The van der Waals surface area contributed by atoms with Gasteiger partial charge in [0.05, 0.1) is 4.90 Å². The van der Waals surface area contributed by atoms with Crippen molar-refractivity contribution in [1.29, 1.82) is 0 Å². The molecule has 0 bridgehead atoms. The van der Waals surface area contributed by atoms with E-state index < -0.39 is 10.0 Å². The average Bonchev–Trinajstić information content (AvgIpc) is 3.14. The first-order valence-electron chi connectivity index (χ1n) is 8.56. The molecule has 29 heavy (non-hydrogen) atoms. The van der Waals surface area contributed by atoms with E-state index in [0.29, 0.717) is 17.1 Å². The Morgan fingerprint density at radius 1 is 1.14 bits per heavy atom. The van der Waals surface area contributed by atoms with E-state index in [1.54, 1.807) is 24.3 Å². The fourth-order valence-electron chi connectivity index (χ4n) is 2.29. The van der Waals surface area contributed by atoms with Crippen LogP contribution in [0.5, 0.6) is 0 Å². The molecule has 2 N–H and O–H groups in total. The van der Waals surface area contributed by atoms with E-state index in [9.17, 15) is 13.2 Å². The fraction of sp³-hybridized carbons (Fsp3) is 0.105. The molecule has 0 unspecified atom stereocenters. The summed E-state index contributed by atoms with van der Waals surface area (Å²) in [5.41, 5.74) is 1.18. The minimum Gasteiger partial charge on any atom is -0.323 e. The Morgan fingerprint density at radius 3 is 2.52 bits per heavy atom. The monoisotopic (exact) mass is 448 g/mol. The maximum Gasteiger partial charge on any atom is 0.263 e. The van der Waals surface area contributed by atoms with Gasteiger partial charge in [-0.15, -0.1) is 10.2 Å². The zero-order valence-electron chi connectivity index (χ0n) is 15.3. The molecule has 0 saturated carbocycles.